The second-order valence-electron chi connectivity index (χ2n) is 9.56. The molecule has 0 radical (unpaired) electrons. The number of hydrogen-bond acceptors (Lipinski definition) is 6. The van der Waals surface area contributed by atoms with Gasteiger partial charge in [-0.15, -0.1) is 0 Å². The lowest BCUT2D eigenvalue weighted by molar-refractivity contribution is 0.0601. The van der Waals surface area contributed by atoms with Crippen LogP contribution in [0.15, 0.2) is 66.9 Å². The minimum absolute atomic E-state index is 0.0536. The van der Waals surface area contributed by atoms with Crippen molar-refractivity contribution in [1.82, 2.24) is 14.8 Å². The molecule has 188 valence electrons. The van der Waals surface area contributed by atoms with E-state index in [1.165, 1.54) is 5.56 Å². The lowest BCUT2D eigenvalue weighted by Gasteiger charge is -2.40. The molecule has 1 amide bonds. The van der Waals surface area contributed by atoms with Gasteiger partial charge in [0, 0.05) is 37.4 Å². The SMILES string of the molecule is COc1cccc(C[C@@H](C2CCN(C(=O)c3ccc4c(c3)OCO4)CC2)N(C)Cc2ccccn2)c1. The van der Waals surface area contributed by atoms with Gasteiger partial charge in [-0.05, 0) is 80.3 Å². The summed E-state index contributed by atoms with van der Waals surface area (Å²) in [6, 6.07) is 20.1. The number of likely N-dealkylation sites (tertiary alicyclic amines) is 1. The Hall–Kier alpha value is -3.58. The Morgan fingerprint density at radius 2 is 1.92 bits per heavy atom. The van der Waals surface area contributed by atoms with Gasteiger partial charge in [0.1, 0.15) is 5.75 Å². The van der Waals surface area contributed by atoms with Gasteiger partial charge in [0.15, 0.2) is 11.5 Å². The van der Waals surface area contributed by atoms with Crippen LogP contribution in [0.5, 0.6) is 17.2 Å². The smallest absolute Gasteiger partial charge is 0.253 e. The highest BCUT2D eigenvalue weighted by Gasteiger charge is 2.32. The van der Waals surface area contributed by atoms with Crippen LogP contribution in [0.4, 0.5) is 0 Å². The van der Waals surface area contributed by atoms with Gasteiger partial charge in [0.05, 0.1) is 12.8 Å². The predicted octanol–water partition coefficient (Wildman–Crippen LogP) is 4.41. The number of carbonyl (C=O) groups is 1. The summed E-state index contributed by atoms with van der Waals surface area (Å²) in [5.74, 6) is 2.73. The predicted molar refractivity (Wildman–Crippen MR) is 137 cm³/mol. The summed E-state index contributed by atoms with van der Waals surface area (Å²) in [6.45, 7) is 2.47. The van der Waals surface area contributed by atoms with Gasteiger partial charge in [-0.25, -0.2) is 0 Å². The third-order valence-corrected chi connectivity index (χ3v) is 7.27. The number of aromatic nitrogens is 1. The zero-order valence-corrected chi connectivity index (χ0v) is 20.9. The van der Waals surface area contributed by atoms with Gasteiger partial charge in [-0.2, -0.15) is 0 Å². The molecule has 0 saturated carbocycles. The van der Waals surface area contributed by atoms with E-state index >= 15 is 0 Å². The highest BCUT2D eigenvalue weighted by atomic mass is 16.7. The second-order valence-corrected chi connectivity index (χ2v) is 9.56. The molecular formula is C29H33N3O4. The maximum Gasteiger partial charge on any atom is 0.253 e. The quantitative estimate of drug-likeness (QED) is 0.469. The molecule has 36 heavy (non-hydrogen) atoms. The molecule has 1 fully saturated rings. The van der Waals surface area contributed by atoms with Crippen molar-refractivity contribution in [2.45, 2.75) is 31.8 Å². The number of ether oxygens (including phenoxy) is 3. The number of likely N-dealkylation sites (N-methyl/N-ethyl adjacent to an activating group) is 1. The molecule has 0 N–H and O–H groups in total. The summed E-state index contributed by atoms with van der Waals surface area (Å²) in [6.07, 6.45) is 4.68. The monoisotopic (exact) mass is 487 g/mol. The molecule has 2 aliphatic rings. The maximum atomic E-state index is 13.2. The van der Waals surface area contributed by atoms with E-state index in [9.17, 15) is 4.79 Å². The number of hydrogen-bond donors (Lipinski definition) is 0. The first-order chi connectivity index (χ1) is 17.6. The van der Waals surface area contributed by atoms with Crippen molar-refractivity contribution < 1.29 is 19.0 Å². The van der Waals surface area contributed by atoms with Crippen LogP contribution in [0.3, 0.4) is 0 Å². The van der Waals surface area contributed by atoms with Gasteiger partial charge in [0.2, 0.25) is 6.79 Å². The van der Waals surface area contributed by atoms with Crippen molar-refractivity contribution in [3.8, 4) is 17.2 Å². The van der Waals surface area contributed by atoms with E-state index in [2.05, 4.69) is 41.2 Å². The molecule has 0 spiro atoms. The van der Waals surface area contributed by atoms with Crippen LogP contribution < -0.4 is 14.2 Å². The van der Waals surface area contributed by atoms with Crippen LogP contribution in [0, 0.1) is 5.92 Å². The van der Waals surface area contributed by atoms with Crippen molar-refractivity contribution in [1.29, 1.82) is 0 Å². The molecule has 0 bridgehead atoms. The molecule has 5 rings (SSSR count). The highest BCUT2D eigenvalue weighted by Crippen LogP contribution is 2.34. The Labute approximate surface area is 212 Å². The molecule has 1 saturated heterocycles. The number of carbonyl (C=O) groups excluding carboxylic acids is 1. The van der Waals surface area contributed by atoms with E-state index in [1.807, 2.05) is 41.4 Å². The summed E-state index contributed by atoms with van der Waals surface area (Å²) in [5, 5.41) is 0. The highest BCUT2D eigenvalue weighted by molar-refractivity contribution is 5.95. The minimum atomic E-state index is 0.0536. The Kier molecular flexibility index (Phi) is 7.37. The molecule has 2 aliphatic heterocycles. The van der Waals surface area contributed by atoms with E-state index in [4.69, 9.17) is 14.2 Å². The van der Waals surface area contributed by atoms with E-state index in [0.717, 1.165) is 50.3 Å². The molecule has 1 aromatic heterocycles. The van der Waals surface area contributed by atoms with Crippen LogP contribution in [0.1, 0.15) is 34.5 Å². The largest absolute Gasteiger partial charge is 0.497 e. The van der Waals surface area contributed by atoms with Crippen molar-refractivity contribution in [3.63, 3.8) is 0 Å². The number of benzene rings is 2. The number of nitrogens with zero attached hydrogens (tertiary/aromatic N) is 3. The van der Waals surface area contributed by atoms with Gasteiger partial charge in [-0.3, -0.25) is 14.7 Å². The lowest BCUT2D eigenvalue weighted by Crippen LogP contribution is -2.46. The fourth-order valence-electron chi connectivity index (χ4n) is 5.29. The van der Waals surface area contributed by atoms with E-state index in [0.29, 0.717) is 29.0 Å². The number of methoxy groups -OCH3 is 1. The molecule has 7 heteroatoms. The molecule has 3 heterocycles. The van der Waals surface area contributed by atoms with Crippen LogP contribution in [0.2, 0.25) is 0 Å². The number of amides is 1. The van der Waals surface area contributed by atoms with Crippen molar-refractivity contribution in [2.24, 2.45) is 5.92 Å². The number of pyridine rings is 1. The zero-order chi connectivity index (χ0) is 24.9. The number of fused-ring (bicyclic) bond motifs is 1. The Morgan fingerprint density at radius 1 is 1.08 bits per heavy atom. The fourth-order valence-corrected chi connectivity index (χ4v) is 5.29. The van der Waals surface area contributed by atoms with Crippen molar-refractivity contribution in [2.75, 3.05) is 34.0 Å². The minimum Gasteiger partial charge on any atom is -0.497 e. The van der Waals surface area contributed by atoms with E-state index in [-0.39, 0.29) is 12.7 Å². The zero-order valence-electron chi connectivity index (χ0n) is 20.9. The third-order valence-electron chi connectivity index (χ3n) is 7.27. The van der Waals surface area contributed by atoms with Crippen molar-refractivity contribution >= 4 is 5.91 Å². The summed E-state index contributed by atoms with van der Waals surface area (Å²) >= 11 is 0. The Morgan fingerprint density at radius 3 is 2.69 bits per heavy atom. The average molecular weight is 488 g/mol. The number of piperidine rings is 1. The third kappa shape index (κ3) is 5.46. The van der Waals surface area contributed by atoms with E-state index < -0.39 is 0 Å². The molecule has 7 nitrogen and oxygen atoms in total. The fraction of sp³-hybridized carbons (Fsp3) is 0.379. The van der Waals surface area contributed by atoms with Crippen LogP contribution in [0.25, 0.3) is 0 Å². The van der Waals surface area contributed by atoms with E-state index in [1.54, 1.807) is 13.2 Å². The molecule has 0 aliphatic carbocycles. The average Bonchev–Trinajstić information content (AvgIpc) is 3.40. The second kappa shape index (κ2) is 11.0. The summed E-state index contributed by atoms with van der Waals surface area (Å²) in [4.78, 5) is 22.1. The molecule has 2 aromatic carbocycles. The first-order valence-electron chi connectivity index (χ1n) is 12.5. The topological polar surface area (TPSA) is 64.1 Å². The standard InChI is InChI=1S/C29H33N3O4/c1-31(19-24-7-3-4-13-30-24)26(17-21-6-5-8-25(16-21)34-2)22-11-14-32(15-12-22)29(33)23-9-10-27-28(18-23)36-20-35-27/h3-10,13,16,18,22,26H,11-12,14-15,17,19-20H2,1-2H3/t26-/m0/s1. The number of rotatable bonds is 8. The van der Waals surface area contributed by atoms with Crippen molar-refractivity contribution in [3.05, 3.63) is 83.7 Å². The maximum absolute atomic E-state index is 13.2. The van der Waals surface area contributed by atoms with Crippen LogP contribution in [-0.4, -0.2) is 60.8 Å². The van der Waals surface area contributed by atoms with Crippen LogP contribution >= 0.6 is 0 Å². The Balaban J connectivity index is 1.28. The molecule has 1 atom stereocenters. The normalized spacial score (nSPS) is 16.2. The molecule has 0 unspecified atom stereocenters. The summed E-state index contributed by atoms with van der Waals surface area (Å²) in [7, 11) is 3.89. The van der Waals surface area contributed by atoms with Gasteiger partial charge in [-0.1, -0.05) is 18.2 Å². The summed E-state index contributed by atoms with van der Waals surface area (Å²) in [5.41, 5.74) is 2.97. The molecule has 3 aromatic rings. The molecular weight excluding hydrogens is 454 g/mol. The lowest BCUT2D eigenvalue weighted by atomic mass is 9.84. The van der Waals surface area contributed by atoms with Gasteiger partial charge in [0.25, 0.3) is 5.91 Å². The Bertz CT molecular complexity index is 1180. The summed E-state index contributed by atoms with van der Waals surface area (Å²) < 4.78 is 16.3. The first-order valence-corrected chi connectivity index (χ1v) is 12.5. The van der Waals surface area contributed by atoms with Gasteiger partial charge >= 0.3 is 0 Å². The van der Waals surface area contributed by atoms with Crippen LogP contribution in [-0.2, 0) is 13.0 Å². The van der Waals surface area contributed by atoms with Gasteiger partial charge < -0.3 is 19.1 Å². The first kappa shape index (κ1) is 24.1.